The zero-order valence-corrected chi connectivity index (χ0v) is 10.8. The van der Waals surface area contributed by atoms with E-state index < -0.39 is 29.8 Å². The number of allylic oxidation sites excluding steroid dienone is 1. The number of rotatable bonds is 2. The van der Waals surface area contributed by atoms with Crippen LogP contribution in [0.15, 0.2) is 35.5 Å². The number of hydrogen-bond donors (Lipinski definition) is 3. The highest BCUT2D eigenvalue weighted by atomic mass is 19.4. The summed E-state index contributed by atoms with van der Waals surface area (Å²) >= 11 is 0. The van der Waals surface area contributed by atoms with Crippen molar-refractivity contribution in [3.05, 3.63) is 46.7 Å². The summed E-state index contributed by atoms with van der Waals surface area (Å²) in [4.78, 5) is 22.7. The minimum Gasteiger partial charge on any atom is -0.478 e. The van der Waals surface area contributed by atoms with Crippen molar-refractivity contribution in [2.75, 3.05) is 0 Å². The number of carbonyl (C=O) groups excluding carboxylic acids is 1. The third-order valence-electron chi connectivity index (χ3n) is 3.08. The zero-order valence-electron chi connectivity index (χ0n) is 10.8. The van der Waals surface area contributed by atoms with Crippen molar-refractivity contribution < 1.29 is 27.9 Å². The molecule has 2 amide bonds. The molecule has 3 N–H and O–H groups in total. The monoisotopic (exact) mass is 300 g/mol. The van der Waals surface area contributed by atoms with Crippen LogP contribution in [0.2, 0.25) is 0 Å². The number of carbonyl (C=O) groups is 2. The highest BCUT2D eigenvalue weighted by Crippen LogP contribution is 2.37. The molecule has 0 aliphatic carbocycles. The van der Waals surface area contributed by atoms with Crippen molar-refractivity contribution in [1.82, 2.24) is 10.6 Å². The molecule has 0 unspecified atom stereocenters. The number of aliphatic carboxylic acids is 1. The summed E-state index contributed by atoms with van der Waals surface area (Å²) in [7, 11) is 0. The molecule has 112 valence electrons. The fourth-order valence-corrected chi connectivity index (χ4v) is 2.22. The fraction of sp³-hybridized carbons (Fsp3) is 0.231. The molecule has 0 radical (unpaired) electrons. The van der Waals surface area contributed by atoms with Crippen LogP contribution in [0.25, 0.3) is 0 Å². The normalized spacial score (nSPS) is 19.0. The molecule has 1 aliphatic heterocycles. The van der Waals surface area contributed by atoms with Gasteiger partial charge in [-0.15, -0.1) is 0 Å². The van der Waals surface area contributed by atoms with Gasteiger partial charge >= 0.3 is 18.2 Å². The molecule has 2 rings (SSSR count). The summed E-state index contributed by atoms with van der Waals surface area (Å²) in [5.74, 6) is -1.40. The summed E-state index contributed by atoms with van der Waals surface area (Å²) < 4.78 is 39.1. The Hall–Kier alpha value is -2.51. The van der Waals surface area contributed by atoms with E-state index in [0.29, 0.717) is 0 Å². The first kappa shape index (κ1) is 14.9. The summed E-state index contributed by atoms with van der Waals surface area (Å²) in [5.41, 5.74) is -1.61. The van der Waals surface area contributed by atoms with Crippen molar-refractivity contribution in [2.24, 2.45) is 0 Å². The molecule has 1 aromatic carbocycles. The fourth-order valence-electron chi connectivity index (χ4n) is 2.22. The van der Waals surface area contributed by atoms with E-state index in [-0.39, 0.29) is 16.8 Å². The SMILES string of the molecule is CC1=C(C(=O)O)[C@H](c2ccccc2C(F)(F)F)NC(=O)N1. The molecule has 1 heterocycles. The van der Waals surface area contributed by atoms with Gasteiger partial charge in [-0.1, -0.05) is 18.2 Å². The largest absolute Gasteiger partial charge is 0.478 e. The second-order valence-corrected chi connectivity index (χ2v) is 4.46. The average Bonchev–Trinajstić information content (AvgIpc) is 2.36. The molecule has 1 aliphatic rings. The Morgan fingerprint density at radius 1 is 1.29 bits per heavy atom. The average molecular weight is 300 g/mol. The van der Waals surface area contributed by atoms with Gasteiger partial charge in [-0.25, -0.2) is 9.59 Å². The Morgan fingerprint density at radius 2 is 1.90 bits per heavy atom. The molecule has 0 fully saturated rings. The van der Waals surface area contributed by atoms with Gasteiger partial charge < -0.3 is 15.7 Å². The zero-order chi connectivity index (χ0) is 15.8. The lowest BCUT2D eigenvalue weighted by Crippen LogP contribution is -2.45. The van der Waals surface area contributed by atoms with Gasteiger partial charge in [0.25, 0.3) is 0 Å². The molecule has 1 aromatic rings. The molecule has 0 saturated heterocycles. The molecule has 0 spiro atoms. The standard InChI is InChI=1S/C13H11F3N2O3/c1-6-9(11(19)20)10(18-12(21)17-6)7-4-2-3-5-8(7)13(14,15)16/h2-5,10H,1H3,(H,19,20)(H2,17,18,21)/t10-/m0/s1. The predicted molar refractivity (Wildman–Crippen MR) is 66.2 cm³/mol. The van der Waals surface area contributed by atoms with Crippen LogP contribution in [0.3, 0.4) is 0 Å². The molecule has 0 bridgehead atoms. The Balaban J connectivity index is 2.62. The lowest BCUT2D eigenvalue weighted by Gasteiger charge is -2.28. The first-order valence-corrected chi connectivity index (χ1v) is 5.89. The molecule has 1 atom stereocenters. The Morgan fingerprint density at radius 3 is 2.48 bits per heavy atom. The van der Waals surface area contributed by atoms with Crippen molar-refractivity contribution in [1.29, 1.82) is 0 Å². The van der Waals surface area contributed by atoms with Crippen LogP contribution >= 0.6 is 0 Å². The first-order valence-electron chi connectivity index (χ1n) is 5.89. The number of carboxylic acid groups (broad SMARTS) is 1. The predicted octanol–water partition coefficient (Wildman–Crippen LogP) is 2.42. The Bertz CT molecular complexity index is 638. The number of halogens is 3. The smallest absolute Gasteiger partial charge is 0.416 e. The number of alkyl halides is 3. The minimum absolute atomic E-state index is 0.00762. The number of amides is 2. The molecular formula is C13H11F3N2O3. The second kappa shape index (κ2) is 5.12. The van der Waals surface area contributed by atoms with E-state index in [4.69, 9.17) is 0 Å². The van der Waals surface area contributed by atoms with Crippen LogP contribution in [0, 0.1) is 0 Å². The van der Waals surface area contributed by atoms with Gasteiger partial charge in [0.2, 0.25) is 0 Å². The van der Waals surface area contributed by atoms with Crippen molar-refractivity contribution in [3.63, 3.8) is 0 Å². The van der Waals surface area contributed by atoms with E-state index in [1.54, 1.807) is 0 Å². The van der Waals surface area contributed by atoms with Crippen LogP contribution in [0.4, 0.5) is 18.0 Å². The van der Waals surface area contributed by atoms with E-state index in [9.17, 15) is 27.9 Å². The van der Waals surface area contributed by atoms with Gasteiger partial charge in [-0.2, -0.15) is 13.2 Å². The van der Waals surface area contributed by atoms with Gasteiger partial charge in [-0.05, 0) is 18.6 Å². The van der Waals surface area contributed by atoms with Crippen LogP contribution in [0.1, 0.15) is 24.1 Å². The molecule has 8 heteroatoms. The lowest BCUT2D eigenvalue weighted by atomic mass is 9.92. The summed E-state index contributed by atoms with van der Waals surface area (Å²) in [5, 5.41) is 13.6. The van der Waals surface area contributed by atoms with Gasteiger partial charge in [0, 0.05) is 5.70 Å². The number of nitrogens with one attached hydrogen (secondary N) is 2. The van der Waals surface area contributed by atoms with Gasteiger partial charge in [-0.3, -0.25) is 0 Å². The number of carboxylic acids is 1. The topological polar surface area (TPSA) is 78.4 Å². The quantitative estimate of drug-likeness (QED) is 0.785. The summed E-state index contributed by atoms with van der Waals surface area (Å²) in [6, 6.07) is 2.43. The van der Waals surface area contributed by atoms with E-state index in [0.717, 1.165) is 12.1 Å². The number of benzene rings is 1. The molecular weight excluding hydrogens is 289 g/mol. The number of hydrogen-bond acceptors (Lipinski definition) is 2. The third-order valence-corrected chi connectivity index (χ3v) is 3.08. The van der Waals surface area contributed by atoms with E-state index in [1.807, 2.05) is 0 Å². The first-order chi connectivity index (χ1) is 9.71. The van der Waals surface area contributed by atoms with Crippen molar-refractivity contribution >= 4 is 12.0 Å². The Labute approximate surface area is 117 Å². The molecule has 5 nitrogen and oxygen atoms in total. The minimum atomic E-state index is -4.65. The van der Waals surface area contributed by atoms with Gasteiger partial charge in [0.1, 0.15) is 0 Å². The van der Waals surface area contributed by atoms with E-state index in [2.05, 4.69) is 10.6 Å². The summed E-state index contributed by atoms with van der Waals surface area (Å²) in [6.45, 7) is 1.32. The van der Waals surface area contributed by atoms with E-state index in [1.165, 1.54) is 19.1 Å². The van der Waals surface area contributed by atoms with Crippen LogP contribution in [-0.4, -0.2) is 17.1 Å². The maximum Gasteiger partial charge on any atom is 0.416 e. The van der Waals surface area contributed by atoms with Crippen LogP contribution in [-0.2, 0) is 11.0 Å². The Kier molecular flexibility index (Phi) is 3.63. The maximum atomic E-state index is 13.0. The van der Waals surface area contributed by atoms with Gasteiger partial charge in [0.15, 0.2) is 0 Å². The molecule has 0 saturated carbocycles. The maximum absolute atomic E-state index is 13.0. The highest BCUT2D eigenvalue weighted by Gasteiger charge is 2.39. The lowest BCUT2D eigenvalue weighted by molar-refractivity contribution is -0.139. The third kappa shape index (κ3) is 2.83. The van der Waals surface area contributed by atoms with Crippen LogP contribution < -0.4 is 10.6 Å². The summed E-state index contributed by atoms with van der Waals surface area (Å²) in [6.07, 6.45) is -4.65. The van der Waals surface area contributed by atoms with Crippen molar-refractivity contribution in [2.45, 2.75) is 19.1 Å². The van der Waals surface area contributed by atoms with E-state index >= 15 is 0 Å². The second-order valence-electron chi connectivity index (χ2n) is 4.46. The highest BCUT2D eigenvalue weighted by molar-refractivity contribution is 5.93. The van der Waals surface area contributed by atoms with Crippen molar-refractivity contribution in [3.8, 4) is 0 Å². The number of urea groups is 1. The molecule has 21 heavy (non-hydrogen) atoms. The van der Waals surface area contributed by atoms with Gasteiger partial charge in [0.05, 0.1) is 17.2 Å². The molecule has 0 aromatic heterocycles. The van der Waals surface area contributed by atoms with Crippen LogP contribution in [0.5, 0.6) is 0 Å².